The van der Waals surface area contributed by atoms with Crippen molar-refractivity contribution in [2.75, 3.05) is 5.73 Å². The van der Waals surface area contributed by atoms with Gasteiger partial charge in [0.1, 0.15) is 5.76 Å². The van der Waals surface area contributed by atoms with Gasteiger partial charge >= 0.3 is 0 Å². The Labute approximate surface area is 94.1 Å². The lowest BCUT2D eigenvalue weighted by molar-refractivity contribution is 0.601. The van der Waals surface area contributed by atoms with E-state index in [0.717, 1.165) is 23.2 Å². The van der Waals surface area contributed by atoms with E-state index in [0.29, 0.717) is 5.69 Å². The van der Waals surface area contributed by atoms with Crippen LogP contribution >= 0.6 is 0 Å². The van der Waals surface area contributed by atoms with Crippen molar-refractivity contribution >= 4 is 22.7 Å². The Balaban J connectivity index is 2.34. The lowest BCUT2D eigenvalue weighted by Crippen LogP contribution is -1.87. The minimum Gasteiger partial charge on any atom is -0.454 e. The maximum atomic E-state index is 5.91. The summed E-state index contributed by atoms with van der Waals surface area (Å²) in [4.78, 5) is 0. The highest BCUT2D eigenvalue weighted by molar-refractivity contribution is 5.93. The molecule has 1 aromatic carbocycles. The summed E-state index contributed by atoms with van der Waals surface area (Å²) < 4.78 is 5.80. The number of allylic oxidation sites excluding steroid dienone is 3. The zero-order valence-corrected chi connectivity index (χ0v) is 9.16. The molecule has 16 heavy (non-hydrogen) atoms. The molecule has 80 valence electrons. The molecule has 2 aromatic rings. The lowest BCUT2D eigenvalue weighted by Gasteiger charge is -1.98. The van der Waals surface area contributed by atoms with Crippen molar-refractivity contribution in [3.05, 3.63) is 47.2 Å². The predicted octanol–water partition coefficient (Wildman–Crippen LogP) is 3.53. The van der Waals surface area contributed by atoms with E-state index in [9.17, 15) is 0 Å². The maximum Gasteiger partial charge on any atom is 0.157 e. The summed E-state index contributed by atoms with van der Waals surface area (Å²) in [5.41, 5.74) is 10.0. The summed E-state index contributed by atoms with van der Waals surface area (Å²) in [6, 6.07) is 5.92. The number of hydrogen-bond donors (Lipinski definition) is 1. The Morgan fingerprint density at radius 2 is 2.19 bits per heavy atom. The van der Waals surface area contributed by atoms with E-state index in [1.54, 1.807) is 0 Å². The monoisotopic (exact) mass is 211 g/mol. The quantitative estimate of drug-likeness (QED) is 0.677. The Kier molecular flexibility index (Phi) is 1.90. The van der Waals surface area contributed by atoms with Gasteiger partial charge in [0, 0.05) is 10.9 Å². The number of fused-ring (bicyclic) bond motifs is 3. The summed E-state index contributed by atoms with van der Waals surface area (Å²) in [6.07, 6.45) is 7.08. The van der Waals surface area contributed by atoms with E-state index in [1.807, 2.05) is 24.3 Å². The molecule has 0 bridgehead atoms. The van der Waals surface area contributed by atoms with Crippen LogP contribution < -0.4 is 5.73 Å². The Bertz CT molecular complexity index is 617. The molecule has 1 heterocycles. The van der Waals surface area contributed by atoms with Crippen molar-refractivity contribution in [1.82, 2.24) is 0 Å². The zero-order chi connectivity index (χ0) is 11.1. The number of nitrogen functional groups attached to an aromatic ring is 1. The standard InChI is InChI=1S/C14H13NO/c1-9-4-2-7-13-11(8-9)10-5-3-6-12(15)14(10)16-13/h2-7H,8,15H2,1H3. The smallest absolute Gasteiger partial charge is 0.157 e. The van der Waals surface area contributed by atoms with Crippen LogP contribution in [-0.4, -0.2) is 0 Å². The highest BCUT2D eigenvalue weighted by Gasteiger charge is 2.15. The van der Waals surface area contributed by atoms with E-state index in [1.165, 1.54) is 11.1 Å². The van der Waals surface area contributed by atoms with Crippen molar-refractivity contribution in [3.8, 4) is 0 Å². The van der Waals surface area contributed by atoms with Gasteiger partial charge in [-0.15, -0.1) is 0 Å². The van der Waals surface area contributed by atoms with Gasteiger partial charge in [-0.2, -0.15) is 0 Å². The van der Waals surface area contributed by atoms with Gasteiger partial charge < -0.3 is 10.2 Å². The number of para-hydroxylation sites is 1. The molecule has 2 N–H and O–H groups in total. The van der Waals surface area contributed by atoms with Crippen LogP contribution in [0.15, 0.2) is 40.3 Å². The van der Waals surface area contributed by atoms with Crippen LogP contribution in [0.4, 0.5) is 5.69 Å². The van der Waals surface area contributed by atoms with Crippen molar-refractivity contribution < 1.29 is 4.42 Å². The van der Waals surface area contributed by atoms with Crippen LogP contribution in [-0.2, 0) is 6.42 Å². The van der Waals surface area contributed by atoms with Crippen LogP contribution in [0.2, 0.25) is 0 Å². The molecule has 2 nitrogen and oxygen atoms in total. The molecular weight excluding hydrogens is 198 g/mol. The van der Waals surface area contributed by atoms with Gasteiger partial charge in [-0.1, -0.05) is 29.9 Å². The third-order valence-corrected chi connectivity index (χ3v) is 2.96. The van der Waals surface area contributed by atoms with Crippen LogP contribution in [0.1, 0.15) is 18.2 Å². The van der Waals surface area contributed by atoms with Gasteiger partial charge in [0.2, 0.25) is 0 Å². The van der Waals surface area contributed by atoms with Crippen molar-refractivity contribution in [1.29, 1.82) is 0 Å². The molecule has 0 saturated carbocycles. The molecule has 3 rings (SSSR count). The van der Waals surface area contributed by atoms with Crippen LogP contribution in [0.25, 0.3) is 17.0 Å². The van der Waals surface area contributed by atoms with Crippen molar-refractivity contribution in [2.45, 2.75) is 13.3 Å². The Hall–Kier alpha value is -1.96. The fourth-order valence-electron chi connectivity index (χ4n) is 2.17. The number of benzene rings is 1. The van der Waals surface area contributed by atoms with Gasteiger partial charge in [-0.3, -0.25) is 0 Å². The molecule has 0 amide bonds. The highest BCUT2D eigenvalue weighted by atomic mass is 16.3. The molecule has 0 aliphatic heterocycles. The van der Waals surface area contributed by atoms with Crippen LogP contribution in [0.3, 0.4) is 0 Å². The first kappa shape index (κ1) is 9.28. The van der Waals surface area contributed by atoms with E-state index < -0.39 is 0 Å². The topological polar surface area (TPSA) is 39.2 Å². The summed E-state index contributed by atoms with van der Waals surface area (Å²) >= 11 is 0. The number of nitrogens with two attached hydrogens (primary N) is 1. The number of rotatable bonds is 0. The van der Waals surface area contributed by atoms with Gasteiger partial charge in [0.25, 0.3) is 0 Å². The minimum absolute atomic E-state index is 0.709. The minimum atomic E-state index is 0.709. The zero-order valence-electron chi connectivity index (χ0n) is 9.16. The van der Waals surface area contributed by atoms with Gasteiger partial charge in [-0.05, 0) is 25.5 Å². The largest absolute Gasteiger partial charge is 0.454 e. The summed E-state index contributed by atoms with van der Waals surface area (Å²) in [7, 11) is 0. The molecule has 0 unspecified atom stereocenters. The van der Waals surface area contributed by atoms with Crippen molar-refractivity contribution in [3.63, 3.8) is 0 Å². The third kappa shape index (κ3) is 1.27. The first-order valence-electron chi connectivity index (χ1n) is 5.39. The average molecular weight is 211 g/mol. The molecule has 0 fully saturated rings. The molecule has 1 aliphatic rings. The maximum absolute atomic E-state index is 5.91. The van der Waals surface area contributed by atoms with Gasteiger partial charge in [0.05, 0.1) is 5.69 Å². The molecular formula is C14H13NO. The predicted molar refractivity (Wildman–Crippen MR) is 67.1 cm³/mol. The highest BCUT2D eigenvalue weighted by Crippen LogP contribution is 2.33. The normalized spacial score (nSPS) is 14.7. The second kappa shape index (κ2) is 3.27. The van der Waals surface area contributed by atoms with E-state index in [4.69, 9.17) is 10.2 Å². The van der Waals surface area contributed by atoms with E-state index in [-0.39, 0.29) is 0 Å². The first-order valence-corrected chi connectivity index (χ1v) is 5.39. The summed E-state index contributed by atoms with van der Waals surface area (Å²) in [5.74, 6) is 0.931. The fourth-order valence-corrected chi connectivity index (χ4v) is 2.17. The summed E-state index contributed by atoms with van der Waals surface area (Å²) in [5, 5.41) is 1.13. The average Bonchev–Trinajstić information content (AvgIpc) is 2.50. The molecule has 2 heteroatoms. The Morgan fingerprint density at radius 3 is 3.06 bits per heavy atom. The number of furan rings is 1. The second-order valence-electron chi connectivity index (χ2n) is 4.22. The van der Waals surface area contributed by atoms with Crippen molar-refractivity contribution in [2.24, 2.45) is 0 Å². The third-order valence-electron chi connectivity index (χ3n) is 2.96. The molecule has 0 saturated heterocycles. The first-order chi connectivity index (χ1) is 7.75. The van der Waals surface area contributed by atoms with E-state index >= 15 is 0 Å². The Morgan fingerprint density at radius 1 is 1.31 bits per heavy atom. The second-order valence-corrected chi connectivity index (χ2v) is 4.22. The van der Waals surface area contributed by atoms with Gasteiger partial charge in [-0.25, -0.2) is 0 Å². The molecule has 1 aromatic heterocycles. The fraction of sp³-hybridized carbons (Fsp3) is 0.143. The van der Waals surface area contributed by atoms with E-state index in [2.05, 4.69) is 19.1 Å². The van der Waals surface area contributed by atoms with Gasteiger partial charge in [0.15, 0.2) is 5.58 Å². The summed E-state index contributed by atoms with van der Waals surface area (Å²) in [6.45, 7) is 2.13. The molecule has 1 aliphatic carbocycles. The number of hydrogen-bond acceptors (Lipinski definition) is 2. The number of anilines is 1. The SMILES string of the molecule is CC1=CC=Cc2oc3c(N)cccc3c2C1. The molecule has 0 radical (unpaired) electrons. The molecule has 0 spiro atoms. The molecule has 0 atom stereocenters. The van der Waals surface area contributed by atoms with Crippen LogP contribution in [0.5, 0.6) is 0 Å². The van der Waals surface area contributed by atoms with Crippen LogP contribution in [0, 0.1) is 0 Å². The lowest BCUT2D eigenvalue weighted by atomic mass is 10.0.